The van der Waals surface area contributed by atoms with Gasteiger partial charge < -0.3 is 15.2 Å². The van der Waals surface area contributed by atoms with E-state index in [4.69, 9.17) is 15.2 Å². The molecule has 8 nitrogen and oxygen atoms in total. The molecule has 86 valence electrons. The molecule has 3 rings (SSSR count). The molecule has 1 aliphatic heterocycles. The zero-order valence-electron chi connectivity index (χ0n) is 8.65. The number of ether oxygens (including phenoxy) is 2. The van der Waals surface area contributed by atoms with Crippen molar-refractivity contribution < 1.29 is 9.47 Å². The number of nitrogen functional groups attached to an aromatic ring is 1. The van der Waals surface area contributed by atoms with E-state index >= 15 is 0 Å². The second-order valence-corrected chi connectivity index (χ2v) is 3.28. The summed E-state index contributed by atoms with van der Waals surface area (Å²) in [6.45, 7) is 0.246. The largest absolute Gasteiger partial charge is 0.454 e. The summed E-state index contributed by atoms with van der Waals surface area (Å²) in [5.41, 5.74) is 6.30. The van der Waals surface area contributed by atoms with Crippen LogP contribution in [0.5, 0.6) is 11.5 Å². The van der Waals surface area contributed by atoms with E-state index in [2.05, 4.69) is 20.6 Å². The Morgan fingerprint density at radius 2 is 2.24 bits per heavy atom. The molecule has 0 spiro atoms. The van der Waals surface area contributed by atoms with E-state index < -0.39 is 0 Å². The third-order valence-electron chi connectivity index (χ3n) is 2.19. The van der Waals surface area contributed by atoms with E-state index in [1.807, 2.05) is 18.2 Å². The van der Waals surface area contributed by atoms with Crippen LogP contribution in [0.1, 0.15) is 5.56 Å². The molecule has 0 saturated heterocycles. The van der Waals surface area contributed by atoms with Crippen molar-refractivity contribution in [1.29, 1.82) is 0 Å². The first kappa shape index (κ1) is 9.58. The van der Waals surface area contributed by atoms with Crippen LogP contribution >= 0.6 is 0 Å². The average Bonchev–Trinajstić information content (AvgIpc) is 2.94. The van der Waals surface area contributed by atoms with Gasteiger partial charge in [-0.2, -0.15) is 5.10 Å². The van der Waals surface area contributed by atoms with Crippen LogP contribution in [0.15, 0.2) is 23.3 Å². The Labute approximate surface area is 95.6 Å². The lowest BCUT2D eigenvalue weighted by Crippen LogP contribution is -1.99. The fraction of sp³-hybridized carbons (Fsp3) is 0.111. The number of hydrogen-bond acceptors (Lipinski definition) is 7. The zero-order chi connectivity index (χ0) is 11.7. The van der Waals surface area contributed by atoms with E-state index in [1.54, 1.807) is 6.21 Å². The van der Waals surface area contributed by atoms with Crippen LogP contribution in [-0.4, -0.2) is 33.3 Å². The Morgan fingerprint density at radius 3 is 3.06 bits per heavy atom. The molecule has 2 N–H and O–H groups in total. The summed E-state index contributed by atoms with van der Waals surface area (Å²) in [5, 5.41) is 14.5. The highest BCUT2D eigenvalue weighted by molar-refractivity contribution is 5.80. The van der Waals surface area contributed by atoms with Crippen molar-refractivity contribution in [3.8, 4) is 11.5 Å². The highest BCUT2D eigenvalue weighted by Gasteiger charge is 2.12. The first-order chi connectivity index (χ1) is 8.33. The van der Waals surface area contributed by atoms with Crippen molar-refractivity contribution in [1.82, 2.24) is 20.3 Å². The van der Waals surface area contributed by atoms with E-state index in [1.165, 1.54) is 0 Å². The third kappa shape index (κ3) is 1.75. The molecule has 0 saturated carbocycles. The molecule has 0 amide bonds. The van der Waals surface area contributed by atoms with Crippen molar-refractivity contribution in [3.63, 3.8) is 0 Å². The number of rotatable bonds is 2. The van der Waals surface area contributed by atoms with Gasteiger partial charge in [-0.15, -0.1) is 0 Å². The van der Waals surface area contributed by atoms with Gasteiger partial charge in [0.25, 0.3) is 5.95 Å². The number of aromatic nitrogens is 4. The molecular weight excluding hydrogens is 224 g/mol. The summed E-state index contributed by atoms with van der Waals surface area (Å²) in [5.74, 6) is 1.55. The Morgan fingerprint density at radius 1 is 1.35 bits per heavy atom. The third-order valence-corrected chi connectivity index (χ3v) is 2.19. The minimum atomic E-state index is 0.127. The number of hydrogen-bond donors (Lipinski definition) is 1. The number of fused-ring (bicyclic) bond motifs is 1. The molecule has 17 heavy (non-hydrogen) atoms. The molecule has 0 fully saturated rings. The van der Waals surface area contributed by atoms with Gasteiger partial charge in [0.2, 0.25) is 6.79 Å². The maximum Gasteiger partial charge on any atom is 0.263 e. The van der Waals surface area contributed by atoms with Crippen molar-refractivity contribution in [2.24, 2.45) is 5.10 Å². The van der Waals surface area contributed by atoms with Crippen LogP contribution < -0.4 is 15.2 Å². The van der Waals surface area contributed by atoms with Crippen molar-refractivity contribution in [2.45, 2.75) is 0 Å². The fourth-order valence-corrected chi connectivity index (χ4v) is 1.39. The van der Waals surface area contributed by atoms with Crippen LogP contribution in [-0.2, 0) is 0 Å². The summed E-state index contributed by atoms with van der Waals surface area (Å²) in [7, 11) is 0. The maximum absolute atomic E-state index is 5.46. The van der Waals surface area contributed by atoms with Gasteiger partial charge in [0.1, 0.15) is 0 Å². The van der Waals surface area contributed by atoms with E-state index in [-0.39, 0.29) is 12.7 Å². The van der Waals surface area contributed by atoms with E-state index in [0.29, 0.717) is 5.75 Å². The predicted molar refractivity (Wildman–Crippen MR) is 57.8 cm³/mol. The second-order valence-electron chi connectivity index (χ2n) is 3.28. The van der Waals surface area contributed by atoms with Crippen LogP contribution in [0.25, 0.3) is 0 Å². The van der Waals surface area contributed by atoms with Crippen LogP contribution in [0.2, 0.25) is 0 Å². The van der Waals surface area contributed by atoms with Gasteiger partial charge in [0.05, 0.1) is 6.21 Å². The summed E-state index contributed by atoms with van der Waals surface area (Å²) in [4.78, 5) is 1.13. The maximum atomic E-state index is 5.46. The first-order valence-corrected chi connectivity index (χ1v) is 4.81. The second kappa shape index (κ2) is 3.74. The molecule has 2 heterocycles. The molecule has 1 aromatic carbocycles. The Kier molecular flexibility index (Phi) is 2.11. The van der Waals surface area contributed by atoms with Gasteiger partial charge in [0, 0.05) is 0 Å². The van der Waals surface area contributed by atoms with Crippen LogP contribution in [0.3, 0.4) is 0 Å². The van der Waals surface area contributed by atoms with Gasteiger partial charge in [-0.05, 0) is 34.2 Å². The number of nitrogens with two attached hydrogens (primary N) is 1. The molecule has 8 heteroatoms. The van der Waals surface area contributed by atoms with E-state index in [9.17, 15) is 0 Å². The topological polar surface area (TPSA) is 100 Å². The monoisotopic (exact) mass is 232 g/mol. The highest BCUT2D eigenvalue weighted by atomic mass is 16.7. The standard InChI is InChI=1S/C9H8N6O2/c10-9-12-13-14-15(9)11-4-6-1-2-7-8(3-6)17-5-16-7/h1-4H,5H2,(H2,10,12,14)/b11-4+. The van der Waals surface area contributed by atoms with Crippen molar-refractivity contribution in [2.75, 3.05) is 12.5 Å². The van der Waals surface area contributed by atoms with Gasteiger partial charge in [-0.1, -0.05) is 9.89 Å². The molecule has 0 radical (unpaired) electrons. The number of anilines is 1. The molecule has 0 atom stereocenters. The molecule has 1 aromatic heterocycles. The molecule has 2 aromatic rings. The lowest BCUT2D eigenvalue weighted by atomic mass is 10.2. The average molecular weight is 232 g/mol. The minimum Gasteiger partial charge on any atom is -0.454 e. The molecular formula is C9H8N6O2. The normalized spacial score (nSPS) is 13.4. The number of tetrazole rings is 1. The lowest BCUT2D eigenvalue weighted by molar-refractivity contribution is 0.174. The SMILES string of the molecule is Nc1nnnn1/N=C/c1ccc2c(c1)OCO2. The fourth-order valence-electron chi connectivity index (χ4n) is 1.39. The van der Waals surface area contributed by atoms with Crippen molar-refractivity contribution >= 4 is 12.2 Å². The summed E-state index contributed by atoms with van der Waals surface area (Å²) in [6, 6.07) is 5.47. The first-order valence-electron chi connectivity index (χ1n) is 4.81. The Hall–Kier alpha value is -2.64. The molecule has 0 unspecified atom stereocenters. The molecule has 0 bridgehead atoms. The zero-order valence-corrected chi connectivity index (χ0v) is 8.65. The Bertz CT molecular complexity index is 579. The van der Waals surface area contributed by atoms with Crippen molar-refractivity contribution in [3.05, 3.63) is 23.8 Å². The van der Waals surface area contributed by atoms with Crippen LogP contribution in [0, 0.1) is 0 Å². The van der Waals surface area contributed by atoms with Gasteiger partial charge in [-0.3, -0.25) is 0 Å². The highest BCUT2D eigenvalue weighted by Crippen LogP contribution is 2.31. The van der Waals surface area contributed by atoms with Gasteiger partial charge >= 0.3 is 0 Å². The van der Waals surface area contributed by atoms with Gasteiger partial charge in [-0.25, -0.2) is 0 Å². The summed E-state index contributed by atoms with van der Waals surface area (Å²) >= 11 is 0. The lowest BCUT2D eigenvalue weighted by Gasteiger charge is -1.97. The smallest absolute Gasteiger partial charge is 0.263 e. The molecule has 1 aliphatic rings. The minimum absolute atomic E-state index is 0.127. The summed E-state index contributed by atoms with van der Waals surface area (Å²) in [6.07, 6.45) is 1.58. The number of nitrogens with zero attached hydrogens (tertiary/aromatic N) is 5. The summed E-state index contributed by atoms with van der Waals surface area (Å²) < 4.78 is 10.4. The Balaban J connectivity index is 1.86. The van der Waals surface area contributed by atoms with E-state index in [0.717, 1.165) is 16.1 Å². The number of benzene rings is 1. The quantitative estimate of drug-likeness (QED) is 0.723. The van der Waals surface area contributed by atoms with Crippen LogP contribution in [0.4, 0.5) is 5.95 Å². The predicted octanol–water partition coefficient (Wildman–Crippen LogP) is -0.134. The molecule has 0 aliphatic carbocycles. The van der Waals surface area contributed by atoms with Gasteiger partial charge in [0.15, 0.2) is 11.5 Å².